The largest absolute Gasteiger partial charge is 0.490 e. The molecule has 4 rings (SSSR count). The summed E-state index contributed by atoms with van der Waals surface area (Å²) in [4.78, 5) is 0. The van der Waals surface area contributed by atoms with E-state index in [1.807, 2.05) is 36.4 Å². The van der Waals surface area contributed by atoms with E-state index in [1.54, 1.807) is 12.1 Å². The Balaban J connectivity index is 1.54. The second-order valence-corrected chi connectivity index (χ2v) is 8.84. The molecule has 0 saturated heterocycles. The minimum atomic E-state index is -0.224. The fourth-order valence-corrected chi connectivity index (χ4v) is 4.48. The third-order valence-electron chi connectivity index (χ3n) is 6.33. The maximum Gasteiger partial charge on any atom is 0.131 e. The van der Waals surface area contributed by atoms with Gasteiger partial charge in [-0.2, -0.15) is 0 Å². The lowest BCUT2D eigenvalue weighted by atomic mass is 9.94. The van der Waals surface area contributed by atoms with Gasteiger partial charge in [0.2, 0.25) is 0 Å². The monoisotopic (exact) mass is 452 g/mol. The quantitative estimate of drug-likeness (QED) is 0.163. The Morgan fingerprint density at radius 2 is 1.59 bits per heavy atom. The van der Waals surface area contributed by atoms with Crippen LogP contribution in [0.5, 0.6) is 5.75 Å². The highest BCUT2D eigenvalue weighted by Gasteiger charge is 2.10. The number of halogens is 1. The summed E-state index contributed by atoms with van der Waals surface area (Å²) in [7, 11) is 0. The Hall–Kier alpha value is -3.39. The molecule has 0 unspecified atom stereocenters. The van der Waals surface area contributed by atoms with Gasteiger partial charge in [-0.15, -0.1) is 0 Å². The van der Waals surface area contributed by atoms with Gasteiger partial charge in [-0.1, -0.05) is 106 Å². The summed E-state index contributed by atoms with van der Waals surface area (Å²) in [6.07, 6.45) is 9.27. The van der Waals surface area contributed by atoms with E-state index in [1.165, 1.54) is 43.1 Å². The molecule has 0 aliphatic rings. The van der Waals surface area contributed by atoms with Gasteiger partial charge in [-0.25, -0.2) is 4.39 Å². The van der Waals surface area contributed by atoms with E-state index in [4.69, 9.17) is 4.74 Å². The summed E-state index contributed by atoms with van der Waals surface area (Å²) in [6.45, 7) is 6.36. The van der Waals surface area contributed by atoms with Gasteiger partial charge < -0.3 is 4.74 Å². The zero-order valence-corrected chi connectivity index (χ0v) is 20.0. The molecule has 0 aliphatic carbocycles. The van der Waals surface area contributed by atoms with E-state index >= 15 is 4.39 Å². The number of unbranched alkanes of at least 4 members (excludes halogenated alkanes) is 4. The zero-order valence-electron chi connectivity index (χ0n) is 20.0. The standard InChI is InChI=1S/C32H33FO/c1-3-5-6-7-8-10-24-13-19-30-26(22-24)11-9-12-29(30)27-16-20-31(32(33)23-27)25-14-17-28(18-15-25)34-21-4-2/h4,9,11-20,22-23H,2-3,5-8,10,21H2,1H3. The number of ether oxygens (including phenoxy) is 1. The average Bonchev–Trinajstić information content (AvgIpc) is 2.87. The summed E-state index contributed by atoms with van der Waals surface area (Å²) in [6, 6.07) is 26.0. The molecule has 0 fully saturated rings. The topological polar surface area (TPSA) is 9.23 Å². The Morgan fingerprint density at radius 3 is 2.35 bits per heavy atom. The van der Waals surface area contributed by atoms with E-state index in [2.05, 4.69) is 49.9 Å². The highest BCUT2D eigenvalue weighted by atomic mass is 19.1. The maximum absolute atomic E-state index is 15.2. The SMILES string of the molecule is C=CCOc1ccc(-c2ccc(-c3cccc4cc(CCCCCCC)ccc34)cc2F)cc1. The first-order valence-electron chi connectivity index (χ1n) is 12.4. The van der Waals surface area contributed by atoms with Crippen LogP contribution in [-0.4, -0.2) is 6.61 Å². The minimum absolute atomic E-state index is 0.224. The summed E-state index contributed by atoms with van der Waals surface area (Å²) in [5.41, 5.74) is 4.75. The molecule has 0 radical (unpaired) electrons. The third kappa shape index (κ3) is 5.75. The van der Waals surface area contributed by atoms with Crippen LogP contribution in [0.2, 0.25) is 0 Å². The number of hydrogen-bond donors (Lipinski definition) is 0. The van der Waals surface area contributed by atoms with E-state index in [0.29, 0.717) is 12.2 Å². The van der Waals surface area contributed by atoms with Gasteiger partial charge in [-0.05, 0) is 64.1 Å². The Bertz CT molecular complexity index is 1240. The van der Waals surface area contributed by atoms with E-state index in [9.17, 15) is 0 Å². The lowest BCUT2D eigenvalue weighted by Gasteiger charge is -2.11. The molecule has 174 valence electrons. The maximum atomic E-state index is 15.2. The molecule has 1 nitrogen and oxygen atoms in total. The molecule has 0 atom stereocenters. The third-order valence-corrected chi connectivity index (χ3v) is 6.33. The van der Waals surface area contributed by atoms with Crippen LogP contribution in [0.4, 0.5) is 4.39 Å². The van der Waals surface area contributed by atoms with Crippen LogP contribution in [0.1, 0.15) is 44.6 Å². The van der Waals surface area contributed by atoms with E-state index in [0.717, 1.165) is 34.2 Å². The van der Waals surface area contributed by atoms with Crippen LogP contribution in [0.15, 0.2) is 91.5 Å². The second-order valence-electron chi connectivity index (χ2n) is 8.84. The molecule has 4 aromatic rings. The van der Waals surface area contributed by atoms with Crippen molar-refractivity contribution in [2.75, 3.05) is 6.61 Å². The average molecular weight is 453 g/mol. The smallest absolute Gasteiger partial charge is 0.131 e. The van der Waals surface area contributed by atoms with E-state index < -0.39 is 0 Å². The van der Waals surface area contributed by atoms with Crippen LogP contribution in [0, 0.1) is 5.82 Å². The van der Waals surface area contributed by atoms with Crippen LogP contribution in [0.25, 0.3) is 33.0 Å². The Labute approximate surface area is 202 Å². The minimum Gasteiger partial charge on any atom is -0.490 e. The molecular formula is C32H33FO. The van der Waals surface area contributed by atoms with Crippen LogP contribution in [0.3, 0.4) is 0 Å². The normalized spacial score (nSPS) is 11.0. The molecular weight excluding hydrogens is 419 g/mol. The zero-order chi connectivity index (χ0) is 23.8. The van der Waals surface area contributed by atoms with Crippen molar-refractivity contribution in [2.24, 2.45) is 0 Å². The van der Waals surface area contributed by atoms with Gasteiger partial charge in [0.05, 0.1) is 0 Å². The van der Waals surface area contributed by atoms with Crippen molar-refractivity contribution >= 4 is 10.8 Å². The number of fused-ring (bicyclic) bond motifs is 1. The van der Waals surface area contributed by atoms with Crippen molar-refractivity contribution in [3.63, 3.8) is 0 Å². The van der Waals surface area contributed by atoms with Crippen molar-refractivity contribution < 1.29 is 9.13 Å². The van der Waals surface area contributed by atoms with Gasteiger partial charge in [0.25, 0.3) is 0 Å². The van der Waals surface area contributed by atoms with Crippen molar-refractivity contribution in [3.05, 3.63) is 103 Å². The predicted octanol–water partition coefficient (Wildman–Crippen LogP) is 9.39. The second kappa shape index (κ2) is 11.7. The fraction of sp³-hybridized carbons (Fsp3) is 0.250. The molecule has 0 aromatic heterocycles. The number of hydrogen-bond acceptors (Lipinski definition) is 1. The van der Waals surface area contributed by atoms with Crippen molar-refractivity contribution in [1.29, 1.82) is 0 Å². The van der Waals surface area contributed by atoms with Crippen molar-refractivity contribution in [2.45, 2.75) is 45.4 Å². The first kappa shape index (κ1) is 23.8. The van der Waals surface area contributed by atoms with Gasteiger partial charge in [0, 0.05) is 5.56 Å². The summed E-state index contributed by atoms with van der Waals surface area (Å²) >= 11 is 0. The number of rotatable bonds is 11. The highest BCUT2D eigenvalue weighted by Crippen LogP contribution is 2.33. The molecule has 0 amide bonds. The van der Waals surface area contributed by atoms with E-state index in [-0.39, 0.29) is 5.82 Å². The van der Waals surface area contributed by atoms with Crippen LogP contribution in [-0.2, 0) is 6.42 Å². The molecule has 0 heterocycles. The molecule has 2 heteroatoms. The first-order valence-corrected chi connectivity index (χ1v) is 12.4. The number of aryl methyl sites for hydroxylation is 1. The Morgan fingerprint density at radius 1 is 0.794 bits per heavy atom. The summed E-state index contributed by atoms with van der Waals surface area (Å²) in [5.74, 6) is 0.523. The van der Waals surface area contributed by atoms with Gasteiger partial charge in [0.1, 0.15) is 18.2 Å². The van der Waals surface area contributed by atoms with Gasteiger partial charge in [-0.3, -0.25) is 0 Å². The highest BCUT2D eigenvalue weighted by molar-refractivity contribution is 5.97. The predicted molar refractivity (Wildman–Crippen MR) is 143 cm³/mol. The molecule has 34 heavy (non-hydrogen) atoms. The van der Waals surface area contributed by atoms with Crippen molar-refractivity contribution in [1.82, 2.24) is 0 Å². The molecule has 0 N–H and O–H groups in total. The fourth-order valence-electron chi connectivity index (χ4n) is 4.48. The summed E-state index contributed by atoms with van der Waals surface area (Å²) < 4.78 is 20.7. The van der Waals surface area contributed by atoms with Gasteiger partial charge >= 0.3 is 0 Å². The molecule has 0 saturated carbocycles. The van der Waals surface area contributed by atoms with Gasteiger partial charge in [0.15, 0.2) is 0 Å². The van der Waals surface area contributed by atoms with Crippen LogP contribution >= 0.6 is 0 Å². The lowest BCUT2D eigenvalue weighted by molar-refractivity contribution is 0.363. The van der Waals surface area contributed by atoms with Crippen LogP contribution < -0.4 is 4.74 Å². The molecule has 0 spiro atoms. The first-order chi connectivity index (χ1) is 16.7. The van der Waals surface area contributed by atoms with Crippen molar-refractivity contribution in [3.8, 4) is 28.0 Å². The number of benzene rings is 4. The summed E-state index contributed by atoms with van der Waals surface area (Å²) in [5, 5.41) is 2.37. The molecule has 0 bridgehead atoms. The molecule has 4 aromatic carbocycles. The Kier molecular flexibility index (Phi) is 8.14. The molecule has 0 aliphatic heterocycles. The lowest BCUT2D eigenvalue weighted by Crippen LogP contribution is -1.93.